The first-order valence-electron chi connectivity index (χ1n) is 6.67. The van der Waals surface area contributed by atoms with Crippen LogP contribution in [0.25, 0.3) is 0 Å². The number of nitrogen functional groups attached to an aromatic ring is 1. The summed E-state index contributed by atoms with van der Waals surface area (Å²) in [6, 6.07) is 6.91. The molecule has 0 aromatic heterocycles. The second-order valence-corrected chi connectivity index (χ2v) is 6.93. The lowest BCUT2D eigenvalue weighted by atomic mass is 10.2. The average molecular weight is 299 g/mol. The van der Waals surface area contributed by atoms with E-state index in [0.29, 0.717) is 38.4 Å². The van der Waals surface area contributed by atoms with Crippen molar-refractivity contribution in [2.75, 3.05) is 45.1 Å². The standard InChI is InChI=1S/C13H21N3O3S/c14-13-3-1-12(2-4-13)11-20(18,19)16-7-5-15(6-8-16)9-10-17/h1-4,17H,5-11,14H2. The molecule has 0 radical (unpaired) electrons. The van der Waals surface area contributed by atoms with E-state index in [4.69, 9.17) is 10.8 Å². The predicted octanol–water partition coefficient (Wildman–Crippen LogP) is -0.291. The number of nitrogens with zero attached hydrogens (tertiary/aromatic N) is 2. The molecule has 1 saturated heterocycles. The van der Waals surface area contributed by atoms with E-state index in [0.717, 1.165) is 5.56 Å². The molecule has 1 aliphatic heterocycles. The Morgan fingerprint density at radius 3 is 2.25 bits per heavy atom. The molecule has 0 aliphatic carbocycles. The molecular formula is C13H21N3O3S. The highest BCUT2D eigenvalue weighted by molar-refractivity contribution is 7.88. The normalized spacial score (nSPS) is 18.2. The van der Waals surface area contributed by atoms with E-state index in [1.165, 1.54) is 4.31 Å². The third-order valence-corrected chi connectivity index (χ3v) is 5.32. The van der Waals surface area contributed by atoms with E-state index in [-0.39, 0.29) is 12.4 Å². The van der Waals surface area contributed by atoms with E-state index in [2.05, 4.69) is 4.90 Å². The topological polar surface area (TPSA) is 86.9 Å². The van der Waals surface area contributed by atoms with Crippen LogP contribution in [0, 0.1) is 0 Å². The summed E-state index contributed by atoms with van der Waals surface area (Å²) in [5.41, 5.74) is 6.97. The highest BCUT2D eigenvalue weighted by Gasteiger charge is 2.26. The summed E-state index contributed by atoms with van der Waals surface area (Å²) in [5, 5.41) is 8.88. The highest BCUT2D eigenvalue weighted by atomic mass is 32.2. The number of aliphatic hydroxyl groups is 1. The average Bonchev–Trinajstić information content (AvgIpc) is 2.42. The van der Waals surface area contributed by atoms with Gasteiger partial charge >= 0.3 is 0 Å². The largest absolute Gasteiger partial charge is 0.399 e. The Morgan fingerprint density at radius 1 is 1.10 bits per heavy atom. The van der Waals surface area contributed by atoms with Crippen LogP contribution in [0.2, 0.25) is 0 Å². The maximum Gasteiger partial charge on any atom is 0.218 e. The number of β-amino-alcohol motifs (C(OH)–C–C–N with tert-alkyl or cyclic N) is 1. The van der Waals surface area contributed by atoms with Crippen molar-refractivity contribution in [3.05, 3.63) is 29.8 Å². The molecule has 0 unspecified atom stereocenters. The Morgan fingerprint density at radius 2 is 1.70 bits per heavy atom. The number of anilines is 1. The van der Waals surface area contributed by atoms with Gasteiger partial charge < -0.3 is 10.8 Å². The van der Waals surface area contributed by atoms with Crippen molar-refractivity contribution >= 4 is 15.7 Å². The predicted molar refractivity (Wildman–Crippen MR) is 78.6 cm³/mol. The number of piperazine rings is 1. The van der Waals surface area contributed by atoms with E-state index < -0.39 is 10.0 Å². The molecule has 0 amide bonds. The van der Waals surface area contributed by atoms with Gasteiger partial charge in [-0.25, -0.2) is 8.42 Å². The number of aliphatic hydroxyl groups excluding tert-OH is 1. The molecule has 112 valence electrons. The maximum atomic E-state index is 12.3. The van der Waals surface area contributed by atoms with Crippen molar-refractivity contribution in [3.63, 3.8) is 0 Å². The van der Waals surface area contributed by atoms with Gasteiger partial charge in [0.1, 0.15) is 0 Å². The van der Waals surface area contributed by atoms with Gasteiger partial charge in [-0.05, 0) is 17.7 Å². The number of nitrogens with two attached hydrogens (primary N) is 1. The van der Waals surface area contributed by atoms with Crippen molar-refractivity contribution in [2.24, 2.45) is 0 Å². The lowest BCUT2D eigenvalue weighted by Gasteiger charge is -2.33. The number of rotatable bonds is 5. The molecule has 7 heteroatoms. The van der Waals surface area contributed by atoms with Gasteiger partial charge in [-0.15, -0.1) is 0 Å². The molecular weight excluding hydrogens is 278 g/mol. The minimum atomic E-state index is -3.28. The number of benzene rings is 1. The zero-order chi connectivity index (χ0) is 14.6. The van der Waals surface area contributed by atoms with Gasteiger partial charge in [0.05, 0.1) is 12.4 Å². The van der Waals surface area contributed by atoms with Crippen LogP contribution in [0.15, 0.2) is 24.3 Å². The fourth-order valence-electron chi connectivity index (χ4n) is 2.29. The Labute approximate surface area is 119 Å². The number of hydrogen-bond acceptors (Lipinski definition) is 5. The van der Waals surface area contributed by atoms with Crippen molar-refractivity contribution in [1.82, 2.24) is 9.21 Å². The van der Waals surface area contributed by atoms with Gasteiger partial charge in [0.25, 0.3) is 0 Å². The van der Waals surface area contributed by atoms with Gasteiger partial charge in [0.15, 0.2) is 0 Å². The Balaban J connectivity index is 1.96. The summed E-state index contributed by atoms with van der Waals surface area (Å²) in [7, 11) is -3.28. The van der Waals surface area contributed by atoms with Crippen LogP contribution in [0.5, 0.6) is 0 Å². The molecule has 0 atom stereocenters. The zero-order valence-electron chi connectivity index (χ0n) is 11.4. The second kappa shape index (κ2) is 6.53. The lowest BCUT2D eigenvalue weighted by Crippen LogP contribution is -2.49. The van der Waals surface area contributed by atoms with Crippen molar-refractivity contribution in [3.8, 4) is 0 Å². The molecule has 1 aromatic carbocycles. The molecule has 1 heterocycles. The second-order valence-electron chi connectivity index (χ2n) is 4.96. The van der Waals surface area contributed by atoms with E-state index >= 15 is 0 Å². The van der Waals surface area contributed by atoms with Crippen LogP contribution in [-0.4, -0.2) is 62.1 Å². The summed E-state index contributed by atoms with van der Waals surface area (Å²) in [6.07, 6.45) is 0. The molecule has 1 aromatic rings. The highest BCUT2D eigenvalue weighted by Crippen LogP contribution is 2.14. The molecule has 1 fully saturated rings. The summed E-state index contributed by atoms with van der Waals surface area (Å²) in [6.45, 7) is 3.02. The quantitative estimate of drug-likeness (QED) is 0.730. The van der Waals surface area contributed by atoms with Gasteiger partial charge in [-0.1, -0.05) is 12.1 Å². The smallest absolute Gasteiger partial charge is 0.218 e. The Bertz CT molecular complexity index is 522. The Kier molecular flexibility index (Phi) is 4.98. The van der Waals surface area contributed by atoms with Crippen LogP contribution in [-0.2, 0) is 15.8 Å². The monoisotopic (exact) mass is 299 g/mol. The minimum absolute atomic E-state index is 0.00722. The minimum Gasteiger partial charge on any atom is -0.399 e. The zero-order valence-corrected chi connectivity index (χ0v) is 12.2. The molecule has 0 bridgehead atoms. The molecule has 3 N–H and O–H groups in total. The van der Waals surface area contributed by atoms with Gasteiger partial charge in [-0.2, -0.15) is 4.31 Å². The molecule has 1 aliphatic rings. The van der Waals surface area contributed by atoms with E-state index in [1.807, 2.05) is 0 Å². The Hall–Kier alpha value is -1.15. The third-order valence-electron chi connectivity index (χ3n) is 3.47. The van der Waals surface area contributed by atoms with Gasteiger partial charge in [0, 0.05) is 38.4 Å². The van der Waals surface area contributed by atoms with E-state index in [9.17, 15) is 8.42 Å². The van der Waals surface area contributed by atoms with Crippen LogP contribution < -0.4 is 5.73 Å². The van der Waals surface area contributed by atoms with Crippen LogP contribution in [0.1, 0.15) is 5.56 Å². The van der Waals surface area contributed by atoms with Gasteiger partial charge in [0.2, 0.25) is 10.0 Å². The first-order valence-corrected chi connectivity index (χ1v) is 8.27. The first-order chi connectivity index (χ1) is 9.51. The summed E-state index contributed by atoms with van der Waals surface area (Å²) >= 11 is 0. The first kappa shape index (κ1) is 15.2. The van der Waals surface area contributed by atoms with Crippen molar-refractivity contribution in [2.45, 2.75) is 5.75 Å². The van der Waals surface area contributed by atoms with Crippen molar-refractivity contribution < 1.29 is 13.5 Å². The maximum absolute atomic E-state index is 12.3. The number of hydrogen-bond donors (Lipinski definition) is 2. The SMILES string of the molecule is Nc1ccc(CS(=O)(=O)N2CCN(CCO)CC2)cc1. The summed E-state index contributed by atoms with van der Waals surface area (Å²) < 4.78 is 26.2. The lowest BCUT2D eigenvalue weighted by molar-refractivity contribution is 0.151. The van der Waals surface area contributed by atoms with Gasteiger partial charge in [-0.3, -0.25) is 4.90 Å². The van der Waals surface area contributed by atoms with Crippen molar-refractivity contribution in [1.29, 1.82) is 0 Å². The molecule has 0 saturated carbocycles. The van der Waals surface area contributed by atoms with Crippen LogP contribution >= 0.6 is 0 Å². The fraction of sp³-hybridized carbons (Fsp3) is 0.538. The van der Waals surface area contributed by atoms with Crippen LogP contribution in [0.4, 0.5) is 5.69 Å². The third kappa shape index (κ3) is 3.92. The molecule has 2 rings (SSSR count). The number of sulfonamides is 1. The fourth-order valence-corrected chi connectivity index (χ4v) is 3.80. The summed E-state index contributed by atoms with van der Waals surface area (Å²) in [4.78, 5) is 2.06. The molecule has 20 heavy (non-hydrogen) atoms. The van der Waals surface area contributed by atoms with E-state index in [1.54, 1.807) is 24.3 Å². The molecule has 0 spiro atoms. The van der Waals surface area contributed by atoms with Crippen LogP contribution in [0.3, 0.4) is 0 Å². The summed E-state index contributed by atoms with van der Waals surface area (Å²) in [5.74, 6) is 0.00722. The molecule has 6 nitrogen and oxygen atoms in total.